The van der Waals surface area contributed by atoms with Crippen LogP contribution in [-0.2, 0) is 13.0 Å². The van der Waals surface area contributed by atoms with E-state index in [4.69, 9.17) is 10.5 Å². The summed E-state index contributed by atoms with van der Waals surface area (Å²) < 4.78 is 20.7. The van der Waals surface area contributed by atoms with Crippen molar-refractivity contribution in [2.75, 3.05) is 25.1 Å². The van der Waals surface area contributed by atoms with E-state index in [9.17, 15) is 9.18 Å². The average molecular weight is 438 g/mol. The minimum Gasteiger partial charge on any atom is -0.491 e. The number of rotatable bonds is 4. The van der Waals surface area contributed by atoms with E-state index in [1.165, 1.54) is 11.8 Å². The number of nitrogens with two attached hydrogens (primary N) is 1. The van der Waals surface area contributed by atoms with Crippen molar-refractivity contribution >= 4 is 23.5 Å². The first-order chi connectivity index (χ1) is 15.0. The van der Waals surface area contributed by atoms with Crippen molar-refractivity contribution in [1.82, 2.24) is 9.88 Å². The maximum absolute atomic E-state index is 14.8. The van der Waals surface area contributed by atoms with Crippen LogP contribution in [0.5, 0.6) is 5.75 Å². The zero-order chi connectivity index (χ0) is 22.0. The van der Waals surface area contributed by atoms with E-state index < -0.39 is 0 Å². The number of fused-ring (bicyclic) bond motifs is 1. The number of aromatic nitrogens is 1. The Morgan fingerprint density at radius 3 is 2.74 bits per heavy atom. The molecule has 1 amide bonds. The maximum Gasteiger partial charge on any atom is 0.254 e. The highest BCUT2D eigenvalue weighted by Gasteiger charge is 2.25. The van der Waals surface area contributed by atoms with E-state index in [1.807, 2.05) is 37.4 Å². The van der Waals surface area contributed by atoms with Gasteiger partial charge >= 0.3 is 0 Å². The summed E-state index contributed by atoms with van der Waals surface area (Å²) in [5.74, 6) is 0.733. The smallest absolute Gasteiger partial charge is 0.254 e. The van der Waals surface area contributed by atoms with Crippen molar-refractivity contribution in [3.05, 3.63) is 71.2 Å². The van der Waals surface area contributed by atoms with Gasteiger partial charge in [0.15, 0.2) is 0 Å². The van der Waals surface area contributed by atoms with E-state index >= 15 is 0 Å². The second-order valence-electron chi connectivity index (χ2n) is 7.33. The Kier molecular flexibility index (Phi) is 6.13. The molecule has 0 atom stereocenters. The number of carbonyl (C=O) groups is 1. The van der Waals surface area contributed by atoms with E-state index in [0.29, 0.717) is 48.0 Å². The summed E-state index contributed by atoms with van der Waals surface area (Å²) in [6, 6.07) is 13.0. The summed E-state index contributed by atoms with van der Waals surface area (Å²) in [4.78, 5) is 19.8. The van der Waals surface area contributed by atoms with Crippen molar-refractivity contribution in [2.45, 2.75) is 24.8 Å². The lowest BCUT2D eigenvalue weighted by Crippen LogP contribution is -2.33. The zero-order valence-corrected chi connectivity index (χ0v) is 18.3. The van der Waals surface area contributed by atoms with E-state index in [1.54, 1.807) is 29.3 Å². The fraction of sp³-hybridized carbons (Fsp3) is 0.250. The second kappa shape index (κ2) is 8.98. The van der Waals surface area contributed by atoms with Crippen LogP contribution in [0.3, 0.4) is 0 Å². The van der Waals surface area contributed by atoms with Gasteiger partial charge in [0.2, 0.25) is 0 Å². The van der Waals surface area contributed by atoms with Crippen molar-refractivity contribution in [3.8, 4) is 16.9 Å². The molecule has 0 radical (unpaired) electrons. The number of nitrogen functional groups attached to an aromatic ring is 1. The lowest BCUT2D eigenvalue weighted by atomic mass is 10.0. The van der Waals surface area contributed by atoms with Crippen LogP contribution >= 0.6 is 11.8 Å². The summed E-state index contributed by atoms with van der Waals surface area (Å²) in [6.45, 7) is 3.07. The van der Waals surface area contributed by atoms with Gasteiger partial charge in [0, 0.05) is 39.9 Å². The van der Waals surface area contributed by atoms with E-state index in [-0.39, 0.29) is 11.7 Å². The molecule has 2 heterocycles. The molecule has 2 N–H and O–H groups in total. The SMILES string of the molecule is CCc1c(C(=O)N2CCOc3ccc(-c4ccc(N)nc4)cc3C2)ccc(SC)c1F. The van der Waals surface area contributed by atoms with Gasteiger partial charge in [-0.3, -0.25) is 4.79 Å². The Morgan fingerprint density at radius 1 is 1.23 bits per heavy atom. The second-order valence-corrected chi connectivity index (χ2v) is 8.18. The van der Waals surface area contributed by atoms with Crippen LogP contribution in [0.4, 0.5) is 10.2 Å². The van der Waals surface area contributed by atoms with Gasteiger partial charge in [-0.25, -0.2) is 9.37 Å². The van der Waals surface area contributed by atoms with Gasteiger partial charge < -0.3 is 15.4 Å². The third-order valence-electron chi connectivity index (χ3n) is 5.46. The van der Waals surface area contributed by atoms with Crippen LogP contribution in [-0.4, -0.2) is 35.2 Å². The first-order valence-electron chi connectivity index (χ1n) is 10.1. The molecule has 31 heavy (non-hydrogen) atoms. The summed E-state index contributed by atoms with van der Waals surface area (Å²) in [5, 5.41) is 0. The average Bonchev–Trinajstić information content (AvgIpc) is 3.00. The molecular weight excluding hydrogens is 413 g/mol. The molecule has 1 aliphatic rings. The van der Waals surface area contributed by atoms with Crippen LogP contribution < -0.4 is 10.5 Å². The number of pyridine rings is 1. The molecule has 0 fully saturated rings. The molecule has 0 saturated heterocycles. The number of thioether (sulfide) groups is 1. The number of hydrogen-bond acceptors (Lipinski definition) is 5. The molecule has 160 valence electrons. The Balaban J connectivity index is 1.66. The van der Waals surface area contributed by atoms with Gasteiger partial charge in [-0.15, -0.1) is 11.8 Å². The molecule has 3 aromatic rings. The number of anilines is 1. The molecule has 7 heteroatoms. The Labute approximate surface area is 185 Å². The molecular formula is C24H24FN3O2S. The maximum atomic E-state index is 14.8. The standard InChI is InChI=1S/C24H24FN3O2S/c1-3-18-19(6-8-21(31-2)23(18)25)24(29)28-10-11-30-20-7-4-15(12-17(20)14-28)16-5-9-22(26)27-13-16/h4-9,12-13H,3,10-11,14H2,1-2H3,(H2,26,27). The number of benzene rings is 2. The molecule has 4 rings (SSSR count). The lowest BCUT2D eigenvalue weighted by Gasteiger charge is -2.22. The van der Waals surface area contributed by atoms with Crippen LogP contribution in [0.2, 0.25) is 0 Å². The van der Waals surface area contributed by atoms with Crippen molar-refractivity contribution < 1.29 is 13.9 Å². The number of ether oxygens (including phenoxy) is 1. The normalized spacial score (nSPS) is 13.3. The van der Waals surface area contributed by atoms with Crippen LogP contribution in [0.25, 0.3) is 11.1 Å². The van der Waals surface area contributed by atoms with Gasteiger partial charge in [0.05, 0.1) is 6.54 Å². The van der Waals surface area contributed by atoms with Gasteiger partial charge in [-0.2, -0.15) is 0 Å². The minimum atomic E-state index is -0.301. The number of nitrogens with zero attached hydrogens (tertiary/aromatic N) is 2. The monoisotopic (exact) mass is 437 g/mol. The van der Waals surface area contributed by atoms with Crippen molar-refractivity contribution in [2.24, 2.45) is 0 Å². The summed E-state index contributed by atoms with van der Waals surface area (Å²) in [6.07, 6.45) is 4.01. The Morgan fingerprint density at radius 2 is 2.03 bits per heavy atom. The topological polar surface area (TPSA) is 68.5 Å². The first-order valence-corrected chi connectivity index (χ1v) is 11.4. The highest BCUT2D eigenvalue weighted by molar-refractivity contribution is 7.98. The fourth-order valence-electron chi connectivity index (χ4n) is 3.80. The number of halogens is 1. The number of hydrogen-bond donors (Lipinski definition) is 1. The fourth-order valence-corrected chi connectivity index (χ4v) is 4.30. The third-order valence-corrected chi connectivity index (χ3v) is 6.21. The van der Waals surface area contributed by atoms with Crippen LogP contribution in [0, 0.1) is 5.82 Å². The van der Waals surface area contributed by atoms with Crippen molar-refractivity contribution in [3.63, 3.8) is 0 Å². The van der Waals surface area contributed by atoms with Crippen LogP contribution in [0.1, 0.15) is 28.4 Å². The van der Waals surface area contributed by atoms with Gasteiger partial charge in [0.1, 0.15) is 24.0 Å². The largest absolute Gasteiger partial charge is 0.491 e. The molecule has 0 unspecified atom stereocenters. The number of carbonyl (C=O) groups excluding carboxylic acids is 1. The van der Waals surface area contributed by atoms with Crippen molar-refractivity contribution in [1.29, 1.82) is 0 Å². The van der Waals surface area contributed by atoms with Gasteiger partial charge in [-0.05, 0) is 54.6 Å². The predicted octanol–water partition coefficient (Wildman–Crippen LogP) is 4.79. The molecule has 1 aromatic heterocycles. The highest BCUT2D eigenvalue weighted by atomic mass is 32.2. The molecule has 0 saturated carbocycles. The molecule has 1 aliphatic heterocycles. The van der Waals surface area contributed by atoms with E-state index in [0.717, 1.165) is 22.4 Å². The van der Waals surface area contributed by atoms with Gasteiger partial charge in [-0.1, -0.05) is 13.0 Å². The number of amides is 1. The third kappa shape index (κ3) is 4.23. The molecule has 0 spiro atoms. The molecule has 0 bridgehead atoms. The summed E-state index contributed by atoms with van der Waals surface area (Å²) in [5.41, 5.74) is 9.37. The molecule has 2 aromatic carbocycles. The zero-order valence-electron chi connectivity index (χ0n) is 17.5. The summed E-state index contributed by atoms with van der Waals surface area (Å²) in [7, 11) is 0. The summed E-state index contributed by atoms with van der Waals surface area (Å²) >= 11 is 1.34. The highest BCUT2D eigenvalue weighted by Crippen LogP contribution is 2.31. The van der Waals surface area contributed by atoms with E-state index in [2.05, 4.69) is 4.98 Å². The predicted molar refractivity (Wildman–Crippen MR) is 122 cm³/mol. The molecule has 0 aliphatic carbocycles. The lowest BCUT2D eigenvalue weighted by molar-refractivity contribution is 0.0731. The Hall–Kier alpha value is -3.06. The molecule has 5 nitrogen and oxygen atoms in total. The van der Waals surface area contributed by atoms with Gasteiger partial charge in [0.25, 0.3) is 5.91 Å². The minimum absolute atomic E-state index is 0.181. The first kappa shape index (κ1) is 21.2. The quantitative estimate of drug-likeness (QED) is 0.595. The Bertz CT molecular complexity index is 1120. The van der Waals surface area contributed by atoms with Crippen LogP contribution in [0.15, 0.2) is 53.6 Å².